The van der Waals surface area contributed by atoms with E-state index in [1.165, 1.54) is 5.56 Å². The molecule has 0 heterocycles. The number of hydrogen-bond donors (Lipinski definition) is 1. The number of hydrogen-bond acceptors (Lipinski definition) is 4. The molecule has 0 amide bonds. The summed E-state index contributed by atoms with van der Waals surface area (Å²) in [7, 11) is 0. The number of nitrogen functional groups attached to an aromatic ring is 1. The van der Waals surface area contributed by atoms with E-state index in [9.17, 15) is 4.79 Å². The van der Waals surface area contributed by atoms with Crippen LogP contribution in [0.1, 0.15) is 29.8 Å². The van der Waals surface area contributed by atoms with E-state index in [1.54, 1.807) is 19.1 Å². The first-order chi connectivity index (χ1) is 10.7. The van der Waals surface area contributed by atoms with Crippen LogP contribution in [0.2, 0.25) is 0 Å². The standard InChI is InChI=1S/C18H22N2O2/c1-3-20(13-14-8-6-5-7-9-14)17-11-10-15(12-16(17)19)18(21)22-4-2/h5-12H,3-4,13,19H2,1-2H3. The van der Waals surface area contributed by atoms with Gasteiger partial charge in [-0.25, -0.2) is 4.79 Å². The first-order valence-corrected chi connectivity index (χ1v) is 7.51. The van der Waals surface area contributed by atoms with Gasteiger partial charge in [-0.05, 0) is 37.6 Å². The molecule has 2 aromatic rings. The van der Waals surface area contributed by atoms with Crippen molar-refractivity contribution in [2.45, 2.75) is 20.4 Å². The maximum absolute atomic E-state index is 11.7. The Morgan fingerprint density at radius 2 is 1.86 bits per heavy atom. The first-order valence-electron chi connectivity index (χ1n) is 7.51. The predicted molar refractivity (Wildman–Crippen MR) is 90.0 cm³/mol. The summed E-state index contributed by atoms with van der Waals surface area (Å²) in [6, 6.07) is 15.6. The van der Waals surface area contributed by atoms with E-state index < -0.39 is 0 Å². The minimum absolute atomic E-state index is 0.341. The Morgan fingerprint density at radius 1 is 1.14 bits per heavy atom. The molecular weight excluding hydrogens is 276 g/mol. The highest BCUT2D eigenvalue weighted by Gasteiger charge is 2.13. The second-order valence-corrected chi connectivity index (χ2v) is 4.99. The number of nitrogens with zero attached hydrogens (tertiary/aromatic N) is 1. The molecule has 0 spiro atoms. The molecule has 0 saturated heterocycles. The molecule has 0 saturated carbocycles. The molecule has 4 nitrogen and oxygen atoms in total. The monoisotopic (exact) mass is 298 g/mol. The number of carbonyl (C=O) groups excluding carboxylic acids is 1. The summed E-state index contributed by atoms with van der Waals surface area (Å²) >= 11 is 0. The molecule has 0 radical (unpaired) electrons. The van der Waals surface area contributed by atoms with Gasteiger partial charge in [0.15, 0.2) is 0 Å². The Bertz CT molecular complexity index is 626. The van der Waals surface area contributed by atoms with Crippen LogP contribution in [0.5, 0.6) is 0 Å². The average molecular weight is 298 g/mol. The van der Waals surface area contributed by atoms with Crippen LogP contribution in [-0.4, -0.2) is 19.1 Å². The molecule has 22 heavy (non-hydrogen) atoms. The third-order valence-electron chi connectivity index (χ3n) is 3.48. The lowest BCUT2D eigenvalue weighted by Gasteiger charge is -2.25. The first kappa shape index (κ1) is 15.9. The predicted octanol–water partition coefficient (Wildman–Crippen LogP) is 3.47. The van der Waals surface area contributed by atoms with Gasteiger partial charge in [0.05, 0.1) is 23.5 Å². The smallest absolute Gasteiger partial charge is 0.338 e. The van der Waals surface area contributed by atoms with Crippen molar-refractivity contribution < 1.29 is 9.53 Å². The molecule has 2 aromatic carbocycles. The molecule has 0 aromatic heterocycles. The summed E-state index contributed by atoms with van der Waals surface area (Å²) in [6.45, 7) is 5.84. The summed E-state index contributed by atoms with van der Waals surface area (Å²) in [4.78, 5) is 13.9. The van der Waals surface area contributed by atoms with E-state index in [1.807, 2.05) is 24.3 Å². The quantitative estimate of drug-likeness (QED) is 0.655. The molecule has 2 N–H and O–H groups in total. The Morgan fingerprint density at radius 3 is 2.45 bits per heavy atom. The molecule has 0 unspecified atom stereocenters. The van der Waals surface area contributed by atoms with Crippen LogP contribution in [0, 0.1) is 0 Å². The van der Waals surface area contributed by atoms with Crippen molar-refractivity contribution in [3.8, 4) is 0 Å². The van der Waals surface area contributed by atoms with Gasteiger partial charge in [-0.3, -0.25) is 0 Å². The van der Waals surface area contributed by atoms with Crippen molar-refractivity contribution in [2.24, 2.45) is 0 Å². The number of carbonyl (C=O) groups is 1. The number of rotatable bonds is 6. The molecule has 116 valence electrons. The van der Waals surface area contributed by atoms with E-state index in [2.05, 4.69) is 24.0 Å². The molecule has 0 aliphatic rings. The zero-order chi connectivity index (χ0) is 15.9. The molecule has 0 bridgehead atoms. The van der Waals surface area contributed by atoms with Gasteiger partial charge in [-0.1, -0.05) is 30.3 Å². The van der Waals surface area contributed by atoms with Gasteiger partial charge in [-0.15, -0.1) is 0 Å². The topological polar surface area (TPSA) is 55.6 Å². The summed E-state index contributed by atoms with van der Waals surface area (Å²) in [5.74, 6) is -0.341. The Labute approximate surface area is 131 Å². The lowest BCUT2D eigenvalue weighted by Crippen LogP contribution is -2.23. The molecule has 2 rings (SSSR count). The molecule has 0 fully saturated rings. The third kappa shape index (κ3) is 3.79. The SMILES string of the molecule is CCOC(=O)c1ccc(N(CC)Cc2ccccc2)c(N)c1. The van der Waals surface area contributed by atoms with Crippen molar-refractivity contribution in [2.75, 3.05) is 23.8 Å². The van der Waals surface area contributed by atoms with E-state index in [0.717, 1.165) is 18.8 Å². The van der Waals surface area contributed by atoms with Crippen LogP contribution in [0.3, 0.4) is 0 Å². The summed E-state index contributed by atoms with van der Waals surface area (Å²) < 4.78 is 5.00. The second kappa shape index (κ2) is 7.50. The van der Waals surface area contributed by atoms with Crippen molar-refractivity contribution >= 4 is 17.3 Å². The van der Waals surface area contributed by atoms with Gasteiger partial charge >= 0.3 is 5.97 Å². The van der Waals surface area contributed by atoms with Gasteiger partial charge < -0.3 is 15.4 Å². The van der Waals surface area contributed by atoms with Crippen LogP contribution in [0.15, 0.2) is 48.5 Å². The number of esters is 1. The fraction of sp³-hybridized carbons (Fsp3) is 0.278. The van der Waals surface area contributed by atoms with Gasteiger partial charge in [-0.2, -0.15) is 0 Å². The van der Waals surface area contributed by atoms with Crippen molar-refractivity contribution in [1.29, 1.82) is 0 Å². The fourth-order valence-corrected chi connectivity index (χ4v) is 2.36. The third-order valence-corrected chi connectivity index (χ3v) is 3.48. The molecule has 4 heteroatoms. The highest BCUT2D eigenvalue weighted by atomic mass is 16.5. The van der Waals surface area contributed by atoms with E-state index in [0.29, 0.717) is 17.9 Å². The second-order valence-electron chi connectivity index (χ2n) is 4.99. The van der Waals surface area contributed by atoms with Gasteiger partial charge in [0.1, 0.15) is 0 Å². The van der Waals surface area contributed by atoms with Gasteiger partial charge in [0.25, 0.3) is 0 Å². The van der Waals surface area contributed by atoms with Gasteiger partial charge in [0, 0.05) is 13.1 Å². The Kier molecular flexibility index (Phi) is 5.42. The van der Waals surface area contributed by atoms with Crippen LogP contribution >= 0.6 is 0 Å². The largest absolute Gasteiger partial charge is 0.462 e. The summed E-state index contributed by atoms with van der Waals surface area (Å²) in [5.41, 5.74) is 9.36. The van der Waals surface area contributed by atoms with E-state index in [-0.39, 0.29) is 5.97 Å². The van der Waals surface area contributed by atoms with Gasteiger partial charge in [0.2, 0.25) is 0 Å². The van der Waals surface area contributed by atoms with Crippen molar-refractivity contribution in [3.63, 3.8) is 0 Å². The Balaban J connectivity index is 2.21. The number of nitrogens with two attached hydrogens (primary N) is 1. The van der Waals surface area contributed by atoms with Crippen LogP contribution in [0.4, 0.5) is 11.4 Å². The highest BCUT2D eigenvalue weighted by molar-refractivity contribution is 5.92. The Hall–Kier alpha value is -2.49. The lowest BCUT2D eigenvalue weighted by molar-refractivity contribution is 0.0526. The minimum Gasteiger partial charge on any atom is -0.462 e. The average Bonchev–Trinajstić information content (AvgIpc) is 2.54. The zero-order valence-corrected chi connectivity index (χ0v) is 13.1. The molecule has 0 atom stereocenters. The summed E-state index contributed by atoms with van der Waals surface area (Å²) in [6.07, 6.45) is 0. The number of benzene rings is 2. The van der Waals surface area contributed by atoms with Crippen LogP contribution in [-0.2, 0) is 11.3 Å². The minimum atomic E-state index is -0.341. The summed E-state index contributed by atoms with van der Waals surface area (Å²) in [5, 5.41) is 0. The fourth-order valence-electron chi connectivity index (χ4n) is 2.36. The van der Waals surface area contributed by atoms with Crippen LogP contribution in [0.25, 0.3) is 0 Å². The maximum Gasteiger partial charge on any atom is 0.338 e. The molecular formula is C18H22N2O2. The lowest BCUT2D eigenvalue weighted by atomic mass is 10.1. The zero-order valence-electron chi connectivity index (χ0n) is 13.1. The molecule has 0 aliphatic carbocycles. The van der Waals surface area contributed by atoms with E-state index in [4.69, 9.17) is 10.5 Å². The van der Waals surface area contributed by atoms with Crippen molar-refractivity contribution in [1.82, 2.24) is 0 Å². The molecule has 0 aliphatic heterocycles. The normalized spacial score (nSPS) is 10.3. The maximum atomic E-state index is 11.7. The van der Waals surface area contributed by atoms with Crippen LogP contribution < -0.4 is 10.6 Å². The van der Waals surface area contributed by atoms with Crippen molar-refractivity contribution in [3.05, 3.63) is 59.7 Å². The van der Waals surface area contributed by atoms with E-state index >= 15 is 0 Å². The number of anilines is 2. The highest BCUT2D eigenvalue weighted by Crippen LogP contribution is 2.26. The number of ether oxygens (including phenoxy) is 1.